The Bertz CT molecular complexity index is 476. The molecular formula is C17H25N3O. The van der Waals surface area contributed by atoms with E-state index in [-0.39, 0.29) is 6.03 Å². The standard InChI is InChI=1S/C17H25N3O/c1-2-19-11-9-16-14-18(12-13-20(16)17(19)21)10-8-15-6-4-3-5-7-15/h3-7,16H,2,8-14H2,1H3/t16-/m0/s1. The number of hydrogen-bond acceptors (Lipinski definition) is 2. The Labute approximate surface area is 127 Å². The fourth-order valence-corrected chi connectivity index (χ4v) is 3.43. The second kappa shape index (κ2) is 6.48. The van der Waals surface area contributed by atoms with Gasteiger partial charge in [-0.1, -0.05) is 30.3 Å². The normalized spacial score (nSPS) is 23.3. The monoisotopic (exact) mass is 287 g/mol. The van der Waals surface area contributed by atoms with Crippen LogP contribution in [0.15, 0.2) is 30.3 Å². The van der Waals surface area contributed by atoms with Gasteiger partial charge in [0, 0.05) is 45.3 Å². The van der Waals surface area contributed by atoms with Gasteiger partial charge in [-0.3, -0.25) is 4.90 Å². The van der Waals surface area contributed by atoms with Crippen molar-refractivity contribution in [2.24, 2.45) is 0 Å². The molecule has 1 aromatic carbocycles. The SMILES string of the molecule is CCN1CC[C@H]2CN(CCc3ccccc3)CCN2C1=O. The summed E-state index contributed by atoms with van der Waals surface area (Å²) in [5.74, 6) is 0. The summed E-state index contributed by atoms with van der Waals surface area (Å²) in [6, 6.07) is 11.3. The minimum atomic E-state index is 0.247. The molecule has 0 aromatic heterocycles. The molecule has 3 rings (SSSR count). The number of hydrogen-bond donors (Lipinski definition) is 0. The van der Waals surface area contributed by atoms with E-state index in [9.17, 15) is 4.79 Å². The molecule has 0 aliphatic carbocycles. The van der Waals surface area contributed by atoms with Crippen molar-refractivity contribution in [3.63, 3.8) is 0 Å². The van der Waals surface area contributed by atoms with Gasteiger partial charge in [0.2, 0.25) is 0 Å². The minimum absolute atomic E-state index is 0.247. The molecule has 1 aromatic rings. The molecule has 2 aliphatic heterocycles. The first-order valence-corrected chi connectivity index (χ1v) is 8.09. The van der Waals surface area contributed by atoms with E-state index in [2.05, 4.69) is 47.1 Å². The molecule has 2 aliphatic rings. The number of carbonyl (C=O) groups is 1. The largest absolute Gasteiger partial charge is 0.325 e. The van der Waals surface area contributed by atoms with Gasteiger partial charge in [0.25, 0.3) is 0 Å². The third kappa shape index (κ3) is 3.21. The van der Waals surface area contributed by atoms with Gasteiger partial charge in [0.15, 0.2) is 0 Å². The molecule has 2 saturated heterocycles. The molecule has 2 fully saturated rings. The quantitative estimate of drug-likeness (QED) is 0.847. The summed E-state index contributed by atoms with van der Waals surface area (Å²) >= 11 is 0. The molecule has 114 valence electrons. The van der Waals surface area contributed by atoms with Crippen LogP contribution in [0.2, 0.25) is 0 Å². The van der Waals surface area contributed by atoms with Crippen LogP contribution in [0.1, 0.15) is 18.9 Å². The van der Waals surface area contributed by atoms with Gasteiger partial charge in [-0.25, -0.2) is 4.79 Å². The van der Waals surface area contributed by atoms with E-state index in [4.69, 9.17) is 0 Å². The highest BCUT2D eigenvalue weighted by atomic mass is 16.2. The number of amides is 2. The Kier molecular flexibility index (Phi) is 4.44. The van der Waals surface area contributed by atoms with Crippen LogP contribution >= 0.6 is 0 Å². The third-order valence-electron chi connectivity index (χ3n) is 4.76. The zero-order chi connectivity index (χ0) is 14.7. The van der Waals surface area contributed by atoms with Crippen LogP contribution in [0, 0.1) is 0 Å². The fraction of sp³-hybridized carbons (Fsp3) is 0.588. The molecule has 0 saturated carbocycles. The van der Waals surface area contributed by atoms with E-state index in [0.29, 0.717) is 6.04 Å². The Hall–Kier alpha value is -1.55. The summed E-state index contributed by atoms with van der Waals surface area (Å²) in [6.07, 6.45) is 2.21. The zero-order valence-electron chi connectivity index (χ0n) is 12.9. The first-order valence-electron chi connectivity index (χ1n) is 8.09. The van der Waals surface area contributed by atoms with Gasteiger partial charge >= 0.3 is 6.03 Å². The van der Waals surface area contributed by atoms with Crippen molar-refractivity contribution in [3.8, 4) is 0 Å². The molecule has 0 unspecified atom stereocenters. The van der Waals surface area contributed by atoms with Gasteiger partial charge in [-0.15, -0.1) is 0 Å². The third-order valence-corrected chi connectivity index (χ3v) is 4.76. The zero-order valence-corrected chi connectivity index (χ0v) is 12.9. The highest BCUT2D eigenvalue weighted by Gasteiger charge is 2.36. The summed E-state index contributed by atoms with van der Waals surface area (Å²) < 4.78 is 0. The molecule has 2 amide bonds. The molecule has 4 nitrogen and oxygen atoms in total. The van der Waals surface area contributed by atoms with Crippen molar-refractivity contribution in [1.82, 2.24) is 14.7 Å². The van der Waals surface area contributed by atoms with Gasteiger partial charge in [0.1, 0.15) is 0 Å². The number of fused-ring (bicyclic) bond motifs is 1. The molecule has 0 spiro atoms. The van der Waals surface area contributed by atoms with E-state index in [0.717, 1.165) is 52.1 Å². The van der Waals surface area contributed by atoms with Crippen molar-refractivity contribution >= 4 is 6.03 Å². The number of benzene rings is 1. The first-order chi connectivity index (χ1) is 10.3. The number of carbonyl (C=O) groups excluding carboxylic acids is 1. The predicted octanol–water partition coefficient (Wildman–Crippen LogP) is 2.06. The lowest BCUT2D eigenvalue weighted by atomic mass is 10.0. The lowest BCUT2D eigenvalue weighted by molar-refractivity contribution is 0.0460. The van der Waals surface area contributed by atoms with Crippen LogP contribution in [0.5, 0.6) is 0 Å². The molecule has 4 heteroatoms. The molecule has 2 heterocycles. The summed E-state index contributed by atoms with van der Waals surface area (Å²) in [5, 5.41) is 0. The summed E-state index contributed by atoms with van der Waals surface area (Å²) in [4.78, 5) is 18.9. The van der Waals surface area contributed by atoms with Gasteiger partial charge < -0.3 is 9.80 Å². The number of urea groups is 1. The van der Waals surface area contributed by atoms with Crippen molar-refractivity contribution in [3.05, 3.63) is 35.9 Å². The molecular weight excluding hydrogens is 262 g/mol. The smallest absolute Gasteiger partial charge is 0.320 e. The van der Waals surface area contributed by atoms with E-state index in [1.165, 1.54) is 5.56 Å². The van der Waals surface area contributed by atoms with Crippen molar-refractivity contribution in [1.29, 1.82) is 0 Å². The summed E-state index contributed by atoms with van der Waals surface area (Å²) in [5.41, 5.74) is 1.40. The van der Waals surface area contributed by atoms with Gasteiger partial charge in [0.05, 0.1) is 0 Å². The number of nitrogens with zero attached hydrogens (tertiary/aromatic N) is 3. The van der Waals surface area contributed by atoms with Crippen molar-refractivity contribution < 1.29 is 4.79 Å². The topological polar surface area (TPSA) is 26.8 Å². The number of rotatable bonds is 4. The molecule has 0 radical (unpaired) electrons. The lowest BCUT2D eigenvalue weighted by Crippen LogP contribution is -2.62. The van der Waals surface area contributed by atoms with Crippen LogP contribution in [0.25, 0.3) is 0 Å². The van der Waals surface area contributed by atoms with Crippen LogP contribution in [-0.2, 0) is 6.42 Å². The molecule has 0 N–H and O–H groups in total. The minimum Gasteiger partial charge on any atom is -0.325 e. The van der Waals surface area contributed by atoms with E-state index >= 15 is 0 Å². The molecule has 0 bridgehead atoms. The van der Waals surface area contributed by atoms with Crippen LogP contribution in [-0.4, -0.2) is 66.0 Å². The molecule has 21 heavy (non-hydrogen) atoms. The van der Waals surface area contributed by atoms with E-state index in [1.807, 2.05) is 4.90 Å². The van der Waals surface area contributed by atoms with Crippen molar-refractivity contribution in [2.75, 3.05) is 39.3 Å². The maximum atomic E-state index is 12.3. The van der Waals surface area contributed by atoms with Gasteiger partial charge in [-0.2, -0.15) is 0 Å². The van der Waals surface area contributed by atoms with E-state index in [1.54, 1.807) is 0 Å². The maximum absolute atomic E-state index is 12.3. The Balaban J connectivity index is 1.53. The predicted molar refractivity (Wildman–Crippen MR) is 84.3 cm³/mol. The molecule has 1 atom stereocenters. The Morgan fingerprint density at radius 1 is 1.14 bits per heavy atom. The van der Waals surface area contributed by atoms with Crippen LogP contribution in [0.4, 0.5) is 4.79 Å². The second-order valence-electron chi connectivity index (χ2n) is 6.03. The summed E-state index contributed by atoms with van der Waals surface area (Å²) in [6.45, 7) is 7.84. The number of piperazine rings is 1. The summed E-state index contributed by atoms with van der Waals surface area (Å²) in [7, 11) is 0. The van der Waals surface area contributed by atoms with E-state index < -0.39 is 0 Å². The lowest BCUT2D eigenvalue weighted by Gasteiger charge is -2.47. The Morgan fingerprint density at radius 3 is 2.71 bits per heavy atom. The first kappa shape index (κ1) is 14.4. The fourth-order valence-electron chi connectivity index (χ4n) is 3.43. The van der Waals surface area contributed by atoms with Crippen molar-refractivity contribution in [2.45, 2.75) is 25.8 Å². The maximum Gasteiger partial charge on any atom is 0.320 e. The van der Waals surface area contributed by atoms with Crippen LogP contribution < -0.4 is 0 Å². The van der Waals surface area contributed by atoms with Crippen LogP contribution in [0.3, 0.4) is 0 Å². The highest BCUT2D eigenvalue weighted by Crippen LogP contribution is 2.20. The Morgan fingerprint density at radius 2 is 1.95 bits per heavy atom. The van der Waals surface area contributed by atoms with Gasteiger partial charge in [-0.05, 0) is 25.3 Å². The second-order valence-corrected chi connectivity index (χ2v) is 6.03. The average Bonchev–Trinajstić information content (AvgIpc) is 2.54. The highest BCUT2D eigenvalue weighted by molar-refractivity contribution is 5.75. The average molecular weight is 287 g/mol.